The number of aromatic nitrogens is 3. The molecule has 0 aliphatic carbocycles. The van der Waals surface area contributed by atoms with Gasteiger partial charge in [-0.15, -0.1) is 10.2 Å². The molecule has 0 saturated heterocycles. The molecule has 0 spiro atoms. The number of anilines is 1. The Morgan fingerprint density at radius 2 is 1.90 bits per heavy atom. The maximum Gasteiger partial charge on any atom is 0.234 e. The van der Waals surface area contributed by atoms with Crippen molar-refractivity contribution >= 4 is 35.0 Å². The van der Waals surface area contributed by atoms with Crippen LogP contribution in [0, 0.1) is 13.8 Å². The lowest BCUT2D eigenvalue weighted by molar-refractivity contribution is -0.113. The zero-order chi connectivity index (χ0) is 21.7. The first-order chi connectivity index (χ1) is 14.4. The highest BCUT2D eigenvalue weighted by atomic mass is 35.5. The number of nitrogens with one attached hydrogen (secondary N) is 1. The van der Waals surface area contributed by atoms with Gasteiger partial charge in [-0.1, -0.05) is 47.6 Å². The van der Waals surface area contributed by atoms with Crippen molar-refractivity contribution in [3.8, 4) is 5.75 Å². The van der Waals surface area contributed by atoms with Crippen molar-refractivity contribution in [3.63, 3.8) is 0 Å². The van der Waals surface area contributed by atoms with Crippen LogP contribution in [0.2, 0.25) is 5.02 Å². The molecule has 1 aromatic heterocycles. The van der Waals surface area contributed by atoms with Crippen molar-refractivity contribution in [2.24, 2.45) is 0 Å². The van der Waals surface area contributed by atoms with Crippen molar-refractivity contribution in [1.29, 1.82) is 0 Å². The predicted octanol–water partition coefficient (Wildman–Crippen LogP) is 5.44. The van der Waals surface area contributed by atoms with Gasteiger partial charge < -0.3 is 14.6 Å². The summed E-state index contributed by atoms with van der Waals surface area (Å²) in [6.07, 6.45) is -0.311. The molecule has 8 heteroatoms. The van der Waals surface area contributed by atoms with Gasteiger partial charge in [-0.2, -0.15) is 0 Å². The van der Waals surface area contributed by atoms with Crippen LogP contribution in [-0.4, -0.2) is 26.4 Å². The van der Waals surface area contributed by atoms with Gasteiger partial charge in [0.25, 0.3) is 0 Å². The fourth-order valence-corrected chi connectivity index (χ4v) is 4.11. The number of thioether (sulfide) groups is 1. The van der Waals surface area contributed by atoms with Crippen LogP contribution in [0.15, 0.2) is 47.6 Å². The number of nitrogens with zero attached hydrogens (tertiary/aromatic N) is 3. The minimum atomic E-state index is -0.311. The Labute approximate surface area is 186 Å². The highest BCUT2D eigenvalue weighted by Gasteiger charge is 2.20. The van der Waals surface area contributed by atoms with E-state index in [0.717, 1.165) is 16.8 Å². The molecule has 1 amide bonds. The molecule has 0 fully saturated rings. The van der Waals surface area contributed by atoms with Crippen LogP contribution in [0.1, 0.15) is 36.9 Å². The Morgan fingerprint density at radius 1 is 1.20 bits per heavy atom. The van der Waals surface area contributed by atoms with E-state index in [1.54, 1.807) is 12.1 Å². The summed E-state index contributed by atoms with van der Waals surface area (Å²) in [5.74, 6) is 1.54. The Bertz CT molecular complexity index is 1020. The van der Waals surface area contributed by atoms with Gasteiger partial charge in [-0.3, -0.25) is 4.79 Å². The Balaban J connectivity index is 1.66. The lowest BCUT2D eigenvalue weighted by atomic mass is 10.1. The number of aryl methyl sites for hydroxylation is 2. The van der Waals surface area contributed by atoms with E-state index in [1.165, 1.54) is 11.8 Å². The van der Waals surface area contributed by atoms with Crippen molar-refractivity contribution < 1.29 is 9.53 Å². The number of benzene rings is 2. The second kappa shape index (κ2) is 10.00. The van der Waals surface area contributed by atoms with Crippen LogP contribution in [-0.2, 0) is 11.3 Å². The van der Waals surface area contributed by atoms with Crippen LogP contribution >= 0.6 is 23.4 Å². The van der Waals surface area contributed by atoms with Gasteiger partial charge >= 0.3 is 0 Å². The number of carbonyl (C=O) groups excluding carboxylic acids is 1. The predicted molar refractivity (Wildman–Crippen MR) is 121 cm³/mol. The topological polar surface area (TPSA) is 69.0 Å². The second-order valence-electron chi connectivity index (χ2n) is 6.91. The first kappa shape index (κ1) is 22.2. The molecule has 1 atom stereocenters. The maximum absolute atomic E-state index is 12.5. The number of ether oxygens (including phenoxy) is 1. The van der Waals surface area contributed by atoms with Gasteiger partial charge in [-0.25, -0.2) is 0 Å². The minimum Gasteiger partial charge on any atom is -0.483 e. The van der Waals surface area contributed by atoms with Crippen molar-refractivity contribution in [2.75, 3.05) is 11.1 Å². The van der Waals surface area contributed by atoms with Gasteiger partial charge in [0.2, 0.25) is 5.91 Å². The van der Waals surface area contributed by atoms with E-state index in [2.05, 4.69) is 15.5 Å². The molecule has 6 nitrogen and oxygen atoms in total. The summed E-state index contributed by atoms with van der Waals surface area (Å²) in [4.78, 5) is 12.5. The third-order valence-electron chi connectivity index (χ3n) is 4.61. The van der Waals surface area contributed by atoms with Crippen molar-refractivity contribution in [2.45, 2.75) is 45.5 Å². The average molecular weight is 445 g/mol. The fourth-order valence-electron chi connectivity index (χ4n) is 3.12. The molecular formula is C22H25ClN4O2S. The van der Waals surface area contributed by atoms with Crippen LogP contribution in [0.25, 0.3) is 0 Å². The lowest BCUT2D eigenvalue weighted by Crippen LogP contribution is -2.16. The molecule has 3 rings (SSSR count). The Morgan fingerprint density at radius 3 is 2.57 bits per heavy atom. The molecule has 3 aromatic rings. The maximum atomic E-state index is 12.5. The molecule has 2 aromatic carbocycles. The third kappa shape index (κ3) is 5.34. The average Bonchev–Trinajstić information content (AvgIpc) is 3.12. The van der Waals surface area contributed by atoms with Gasteiger partial charge in [-0.05, 0) is 57.0 Å². The summed E-state index contributed by atoms with van der Waals surface area (Å²) >= 11 is 7.39. The quantitative estimate of drug-likeness (QED) is 0.468. The standard InChI is InChI=1S/C22H25ClN4O2S/c1-5-27-21(16(4)29-18-11-7-10-17(23)12-18)25-26-22(27)30-13-19(28)24-20-14(2)8-6-9-15(20)3/h6-12,16H,5,13H2,1-4H3,(H,24,28). The van der Waals surface area contributed by atoms with Crippen molar-refractivity contribution in [3.05, 3.63) is 64.4 Å². The first-order valence-corrected chi connectivity index (χ1v) is 11.1. The van der Waals surface area contributed by atoms with E-state index < -0.39 is 0 Å². The van der Waals surface area contributed by atoms with E-state index in [0.29, 0.717) is 28.3 Å². The molecule has 0 saturated carbocycles. The number of para-hydroxylation sites is 1. The fraction of sp³-hybridized carbons (Fsp3) is 0.318. The largest absolute Gasteiger partial charge is 0.483 e. The number of rotatable bonds is 8. The second-order valence-corrected chi connectivity index (χ2v) is 8.29. The Hall–Kier alpha value is -2.51. The van der Waals surface area contributed by atoms with E-state index in [4.69, 9.17) is 16.3 Å². The normalized spacial score (nSPS) is 11.9. The zero-order valence-electron chi connectivity index (χ0n) is 17.5. The van der Waals surface area contributed by atoms with Gasteiger partial charge in [0.15, 0.2) is 17.1 Å². The van der Waals surface area contributed by atoms with Crippen molar-refractivity contribution in [1.82, 2.24) is 14.8 Å². The monoisotopic (exact) mass is 444 g/mol. The summed E-state index contributed by atoms with van der Waals surface area (Å²) in [5, 5.41) is 12.9. The molecule has 0 radical (unpaired) electrons. The van der Waals surface area contributed by atoms with Gasteiger partial charge in [0.1, 0.15) is 5.75 Å². The molecular weight excluding hydrogens is 420 g/mol. The van der Waals surface area contributed by atoms with E-state index in [-0.39, 0.29) is 17.8 Å². The minimum absolute atomic E-state index is 0.0761. The number of amides is 1. The molecule has 1 N–H and O–H groups in total. The summed E-state index contributed by atoms with van der Waals surface area (Å²) in [5.41, 5.74) is 2.95. The third-order valence-corrected chi connectivity index (χ3v) is 5.81. The van der Waals surface area contributed by atoms with Crippen LogP contribution < -0.4 is 10.1 Å². The number of hydrogen-bond acceptors (Lipinski definition) is 5. The molecule has 0 aliphatic rings. The molecule has 0 aliphatic heterocycles. The number of halogens is 1. The SMILES string of the molecule is CCn1c(SCC(=O)Nc2c(C)cccc2C)nnc1C(C)Oc1cccc(Cl)c1. The lowest BCUT2D eigenvalue weighted by Gasteiger charge is -2.16. The summed E-state index contributed by atoms with van der Waals surface area (Å²) in [7, 11) is 0. The first-order valence-electron chi connectivity index (χ1n) is 9.73. The van der Waals surface area contributed by atoms with Crippen LogP contribution in [0.5, 0.6) is 5.75 Å². The number of hydrogen-bond donors (Lipinski definition) is 1. The molecule has 30 heavy (non-hydrogen) atoms. The Kier molecular flexibility index (Phi) is 7.39. The van der Waals surface area contributed by atoms with Gasteiger partial charge in [0, 0.05) is 17.3 Å². The summed E-state index contributed by atoms with van der Waals surface area (Å²) < 4.78 is 7.94. The molecule has 158 valence electrons. The smallest absolute Gasteiger partial charge is 0.234 e. The van der Waals surface area contributed by atoms with E-state index >= 15 is 0 Å². The molecule has 1 heterocycles. The molecule has 0 bridgehead atoms. The van der Waals surface area contributed by atoms with E-state index in [1.807, 2.05) is 62.6 Å². The highest BCUT2D eigenvalue weighted by Crippen LogP contribution is 2.26. The summed E-state index contributed by atoms with van der Waals surface area (Å²) in [6.45, 7) is 8.57. The molecule has 1 unspecified atom stereocenters. The van der Waals surface area contributed by atoms with Crippen LogP contribution in [0.3, 0.4) is 0 Å². The van der Waals surface area contributed by atoms with Gasteiger partial charge in [0.05, 0.1) is 5.75 Å². The van der Waals surface area contributed by atoms with Crippen LogP contribution in [0.4, 0.5) is 5.69 Å². The highest BCUT2D eigenvalue weighted by molar-refractivity contribution is 7.99. The number of carbonyl (C=O) groups is 1. The van der Waals surface area contributed by atoms with E-state index in [9.17, 15) is 4.79 Å². The zero-order valence-corrected chi connectivity index (χ0v) is 19.0. The summed E-state index contributed by atoms with van der Waals surface area (Å²) in [6, 6.07) is 13.2.